The molecule has 1 fully saturated rings. The summed E-state index contributed by atoms with van der Waals surface area (Å²) in [7, 11) is 0. The lowest BCUT2D eigenvalue weighted by atomic mass is 10.1. The number of anilines is 1. The molecular weight excluding hydrogens is 527 g/mol. The van der Waals surface area contributed by atoms with E-state index in [2.05, 4.69) is 19.8 Å². The van der Waals surface area contributed by atoms with Crippen molar-refractivity contribution in [1.29, 1.82) is 0 Å². The summed E-state index contributed by atoms with van der Waals surface area (Å²) in [6.45, 7) is 12.2. The molecule has 0 bridgehead atoms. The van der Waals surface area contributed by atoms with Crippen LogP contribution in [-0.2, 0) is 6.61 Å². The minimum absolute atomic E-state index is 0.0125. The third-order valence-electron chi connectivity index (χ3n) is 6.61. The molecule has 38 heavy (non-hydrogen) atoms. The van der Waals surface area contributed by atoms with E-state index >= 15 is 0 Å². The fraction of sp³-hybridized carbons (Fsp3) is 0.393. The molecule has 1 N–H and O–H groups in total. The van der Waals surface area contributed by atoms with E-state index in [4.69, 9.17) is 32.7 Å². The number of piperazine rings is 1. The number of benzene rings is 2. The van der Waals surface area contributed by atoms with Gasteiger partial charge < -0.3 is 19.5 Å². The van der Waals surface area contributed by atoms with Crippen molar-refractivity contribution >= 4 is 35.1 Å². The Morgan fingerprint density at radius 1 is 0.895 bits per heavy atom. The number of aromatic nitrogens is 2. The second-order valence-corrected chi connectivity index (χ2v) is 10.3. The van der Waals surface area contributed by atoms with Gasteiger partial charge in [0.15, 0.2) is 0 Å². The van der Waals surface area contributed by atoms with Crippen LogP contribution >= 0.6 is 23.2 Å². The first-order valence-electron chi connectivity index (χ1n) is 12.5. The molecule has 10 heteroatoms. The van der Waals surface area contributed by atoms with Crippen LogP contribution in [0.5, 0.6) is 11.5 Å². The second-order valence-electron chi connectivity index (χ2n) is 9.54. The van der Waals surface area contributed by atoms with Crippen LogP contribution in [0.4, 0.5) is 5.95 Å². The van der Waals surface area contributed by atoms with Crippen molar-refractivity contribution in [2.45, 2.75) is 34.3 Å². The Bertz CT molecular complexity index is 1280. The van der Waals surface area contributed by atoms with Crippen LogP contribution < -0.4 is 14.4 Å². The molecule has 202 valence electrons. The Morgan fingerprint density at radius 3 is 1.95 bits per heavy atom. The van der Waals surface area contributed by atoms with Gasteiger partial charge in [-0.1, -0.05) is 23.2 Å². The zero-order valence-electron chi connectivity index (χ0n) is 22.1. The molecule has 2 heterocycles. The van der Waals surface area contributed by atoms with Crippen molar-refractivity contribution in [1.82, 2.24) is 14.9 Å². The number of aromatic carboxylic acids is 1. The van der Waals surface area contributed by atoms with Crippen molar-refractivity contribution in [3.63, 3.8) is 0 Å². The summed E-state index contributed by atoms with van der Waals surface area (Å²) in [4.78, 5) is 25.1. The number of carboxylic acids is 1. The van der Waals surface area contributed by atoms with E-state index in [-0.39, 0.29) is 12.2 Å². The average molecular weight is 559 g/mol. The van der Waals surface area contributed by atoms with Crippen LogP contribution in [-0.4, -0.2) is 65.3 Å². The number of hydrogen-bond acceptors (Lipinski definition) is 7. The van der Waals surface area contributed by atoms with Gasteiger partial charge in [-0.2, -0.15) is 0 Å². The zero-order valence-corrected chi connectivity index (χ0v) is 23.6. The molecule has 0 spiro atoms. The summed E-state index contributed by atoms with van der Waals surface area (Å²) in [5, 5.41) is 11.1. The van der Waals surface area contributed by atoms with Crippen molar-refractivity contribution in [2.24, 2.45) is 0 Å². The van der Waals surface area contributed by atoms with Crippen LogP contribution in [0.2, 0.25) is 10.0 Å². The maximum atomic E-state index is 11.8. The highest BCUT2D eigenvalue weighted by atomic mass is 35.5. The van der Waals surface area contributed by atoms with Gasteiger partial charge in [0.1, 0.15) is 30.3 Å². The van der Waals surface area contributed by atoms with E-state index in [0.29, 0.717) is 29.0 Å². The lowest BCUT2D eigenvalue weighted by molar-refractivity contribution is 0.0692. The Hall–Kier alpha value is -3.07. The number of aryl methyl sites for hydroxylation is 4. The summed E-state index contributed by atoms with van der Waals surface area (Å²) in [6.07, 6.45) is 1.36. The highest BCUT2D eigenvalue weighted by Gasteiger charge is 2.22. The molecule has 1 aliphatic heterocycles. The van der Waals surface area contributed by atoms with Crippen LogP contribution in [0.1, 0.15) is 38.3 Å². The Kier molecular flexibility index (Phi) is 8.97. The van der Waals surface area contributed by atoms with Crippen LogP contribution in [0.25, 0.3) is 0 Å². The number of carbonyl (C=O) groups is 1. The van der Waals surface area contributed by atoms with E-state index in [0.717, 1.165) is 65.7 Å². The van der Waals surface area contributed by atoms with Crippen molar-refractivity contribution in [3.8, 4) is 11.5 Å². The number of nitrogens with zero attached hydrogens (tertiary/aromatic N) is 4. The van der Waals surface area contributed by atoms with E-state index in [9.17, 15) is 9.90 Å². The molecule has 0 atom stereocenters. The molecule has 3 aromatic rings. The SMILES string of the molecule is Cc1cc(OCCN2CCN(c3ncc(C(=O)O)c(COc4cc(C)c(Cl)c(C)c4)n3)CC2)cc(C)c1Cl. The predicted molar refractivity (Wildman–Crippen MR) is 149 cm³/mol. The van der Waals surface area contributed by atoms with Crippen LogP contribution in [0.3, 0.4) is 0 Å². The first kappa shape index (κ1) is 28.0. The molecule has 1 saturated heterocycles. The third kappa shape index (κ3) is 6.67. The van der Waals surface area contributed by atoms with Gasteiger partial charge in [0.25, 0.3) is 0 Å². The topological polar surface area (TPSA) is 88.0 Å². The van der Waals surface area contributed by atoms with E-state index < -0.39 is 5.97 Å². The highest BCUT2D eigenvalue weighted by Crippen LogP contribution is 2.27. The standard InChI is InChI=1S/C28H32Cl2N4O4/c1-17-11-21(12-18(2)25(17)29)37-10-9-33-5-7-34(8-6-33)28-31-15-23(27(35)36)24(32-28)16-38-22-13-19(3)26(30)20(4)14-22/h11-15H,5-10,16H2,1-4H3,(H,35,36). The minimum atomic E-state index is -1.09. The molecule has 8 nitrogen and oxygen atoms in total. The van der Waals surface area contributed by atoms with E-state index in [1.807, 2.05) is 52.0 Å². The Balaban J connectivity index is 1.34. The summed E-state index contributed by atoms with van der Waals surface area (Å²) >= 11 is 12.5. The lowest BCUT2D eigenvalue weighted by Gasteiger charge is -2.34. The maximum absolute atomic E-state index is 11.8. The first-order valence-corrected chi connectivity index (χ1v) is 13.2. The minimum Gasteiger partial charge on any atom is -0.492 e. The quantitative estimate of drug-likeness (QED) is 0.368. The van der Waals surface area contributed by atoms with Gasteiger partial charge in [-0.05, 0) is 74.2 Å². The molecule has 2 aromatic carbocycles. The Labute approximate surface area is 233 Å². The molecule has 0 amide bonds. The molecular formula is C28H32Cl2N4O4. The zero-order chi connectivity index (χ0) is 27.4. The molecule has 0 unspecified atom stereocenters. The van der Waals surface area contributed by atoms with E-state index in [1.54, 1.807) is 0 Å². The maximum Gasteiger partial charge on any atom is 0.339 e. The van der Waals surface area contributed by atoms with Gasteiger partial charge in [-0.3, -0.25) is 4.90 Å². The molecule has 0 aliphatic carbocycles. The van der Waals surface area contributed by atoms with Crippen LogP contribution in [0, 0.1) is 27.7 Å². The van der Waals surface area contributed by atoms with Gasteiger partial charge >= 0.3 is 5.97 Å². The Morgan fingerprint density at radius 2 is 1.42 bits per heavy atom. The fourth-order valence-corrected chi connectivity index (χ4v) is 4.66. The van der Waals surface area contributed by atoms with Crippen molar-refractivity contribution < 1.29 is 19.4 Å². The number of hydrogen-bond donors (Lipinski definition) is 1. The van der Waals surface area contributed by atoms with Crippen molar-refractivity contribution in [3.05, 3.63) is 74.0 Å². The molecule has 1 aliphatic rings. The van der Waals surface area contributed by atoms with E-state index in [1.165, 1.54) is 6.20 Å². The normalized spacial score (nSPS) is 14.0. The number of rotatable bonds is 9. The summed E-state index contributed by atoms with van der Waals surface area (Å²) in [5.74, 6) is 0.851. The van der Waals surface area contributed by atoms with Crippen LogP contribution in [0.15, 0.2) is 30.5 Å². The summed E-state index contributed by atoms with van der Waals surface area (Å²) in [5.41, 5.74) is 4.16. The highest BCUT2D eigenvalue weighted by molar-refractivity contribution is 6.32. The molecule has 0 saturated carbocycles. The average Bonchev–Trinajstić information content (AvgIpc) is 2.89. The summed E-state index contributed by atoms with van der Waals surface area (Å²) in [6, 6.07) is 7.58. The van der Waals surface area contributed by atoms with Gasteiger partial charge in [-0.15, -0.1) is 0 Å². The van der Waals surface area contributed by atoms with Gasteiger partial charge in [0.2, 0.25) is 5.95 Å². The van der Waals surface area contributed by atoms with Gasteiger partial charge in [-0.25, -0.2) is 14.8 Å². The first-order chi connectivity index (χ1) is 18.1. The smallest absolute Gasteiger partial charge is 0.339 e. The molecule has 0 radical (unpaired) electrons. The van der Waals surface area contributed by atoms with Gasteiger partial charge in [0, 0.05) is 49.0 Å². The largest absolute Gasteiger partial charge is 0.492 e. The third-order valence-corrected chi connectivity index (χ3v) is 7.80. The predicted octanol–water partition coefficient (Wildman–Crippen LogP) is 5.50. The number of halogens is 2. The monoisotopic (exact) mass is 558 g/mol. The fourth-order valence-electron chi connectivity index (χ4n) is 4.44. The molecule has 1 aromatic heterocycles. The number of ether oxygens (including phenoxy) is 2. The van der Waals surface area contributed by atoms with Gasteiger partial charge in [0.05, 0.1) is 5.69 Å². The number of carboxylic acid groups (broad SMARTS) is 1. The lowest BCUT2D eigenvalue weighted by Crippen LogP contribution is -2.48. The molecule has 4 rings (SSSR count). The second kappa shape index (κ2) is 12.2. The summed E-state index contributed by atoms with van der Waals surface area (Å²) < 4.78 is 11.9. The van der Waals surface area contributed by atoms with Crippen molar-refractivity contribution in [2.75, 3.05) is 44.2 Å².